The van der Waals surface area contributed by atoms with E-state index in [9.17, 15) is 17.9 Å². The van der Waals surface area contributed by atoms with Gasteiger partial charge in [0, 0.05) is 18.2 Å². The molecule has 0 amide bonds. The average Bonchev–Trinajstić information content (AvgIpc) is 2.38. The van der Waals surface area contributed by atoms with Gasteiger partial charge in [0.25, 0.3) is 0 Å². The molecule has 2 N–H and O–H groups in total. The molecule has 5 nitrogen and oxygen atoms in total. The number of halogens is 2. The lowest BCUT2D eigenvalue weighted by molar-refractivity contribution is 0.0222. The fourth-order valence-corrected chi connectivity index (χ4v) is 3.76. The lowest BCUT2D eigenvalue weighted by Gasteiger charge is -2.35. The first-order chi connectivity index (χ1) is 9.38. The minimum Gasteiger partial charge on any atom is -0.394 e. The molecule has 0 radical (unpaired) electrons. The fourth-order valence-electron chi connectivity index (χ4n) is 2.09. The molecule has 1 aliphatic heterocycles. The van der Waals surface area contributed by atoms with Gasteiger partial charge < -0.3 is 9.84 Å². The van der Waals surface area contributed by atoms with Crippen LogP contribution < -0.4 is 4.72 Å². The van der Waals surface area contributed by atoms with Crippen LogP contribution in [0.1, 0.15) is 12.8 Å². The van der Waals surface area contributed by atoms with Crippen LogP contribution in [0.4, 0.5) is 4.39 Å². The van der Waals surface area contributed by atoms with E-state index in [4.69, 9.17) is 16.3 Å². The molecule has 20 heavy (non-hydrogen) atoms. The van der Waals surface area contributed by atoms with Gasteiger partial charge in [-0.3, -0.25) is 0 Å². The summed E-state index contributed by atoms with van der Waals surface area (Å²) >= 11 is 5.60. The topological polar surface area (TPSA) is 75.6 Å². The van der Waals surface area contributed by atoms with Crippen molar-refractivity contribution < 1.29 is 22.7 Å². The summed E-state index contributed by atoms with van der Waals surface area (Å²) in [4.78, 5) is -0.485. The molecule has 1 aromatic rings. The molecule has 0 aromatic heterocycles. The Labute approximate surface area is 121 Å². The van der Waals surface area contributed by atoms with Crippen LogP contribution in [0, 0.1) is 5.82 Å². The zero-order chi connectivity index (χ0) is 14.8. The monoisotopic (exact) mass is 323 g/mol. The quantitative estimate of drug-likeness (QED) is 0.875. The van der Waals surface area contributed by atoms with Gasteiger partial charge in [-0.1, -0.05) is 11.6 Å². The molecule has 0 aliphatic carbocycles. The van der Waals surface area contributed by atoms with Crippen LogP contribution in [-0.4, -0.2) is 38.9 Å². The molecule has 1 heterocycles. The Morgan fingerprint density at radius 2 is 2.05 bits per heavy atom. The van der Waals surface area contributed by atoms with E-state index in [1.54, 1.807) is 0 Å². The van der Waals surface area contributed by atoms with E-state index in [1.165, 1.54) is 6.07 Å². The minimum absolute atomic E-state index is 0.115. The standard InChI is InChI=1S/C12H15ClFNO4S/c13-9-1-2-11(10(14)7-9)20(17,18)15-12(8-16)3-5-19-6-4-12/h1-2,7,15-16H,3-6,8H2. The highest BCUT2D eigenvalue weighted by Gasteiger charge is 2.37. The first-order valence-electron chi connectivity index (χ1n) is 6.06. The summed E-state index contributed by atoms with van der Waals surface area (Å²) in [5.41, 5.74) is -1.01. The molecule has 0 atom stereocenters. The first kappa shape index (κ1) is 15.7. The number of aliphatic hydroxyl groups excluding tert-OH is 1. The van der Waals surface area contributed by atoms with Crippen molar-refractivity contribution in [2.75, 3.05) is 19.8 Å². The Bertz CT molecular complexity index is 587. The average molecular weight is 324 g/mol. The molecule has 0 unspecified atom stereocenters. The Balaban J connectivity index is 2.30. The van der Waals surface area contributed by atoms with E-state index in [2.05, 4.69) is 4.72 Å². The highest BCUT2D eigenvalue weighted by atomic mass is 35.5. The van der Waals surface area contributed by atoms with E-state index < -0.39 is 26.3 Å². The molecular weight excluding hydrogens is 309 g/mol. The fraction of sp³-hybridized carbons (Fsp3) is 0.500. The molecule has 1 aromatic carbocycles. The molecule has 1 aliphatic rings. The summed E-state index contributed by atoms with van der Waals surface area (Å²) in [5.74, 6) is -0.926. The number of aliphatic hydroxyl groups is 1. The van der Waals surface area contributed by atoms with Crippen LogP contribution in [0.5, 0.6) is 0 Å². The second kappa shape index (κ2) is 5.95. The maximum atomic E-state index is 13.7. The van der Waals surface area contributed by atoms with Gasteiger partial charge in [0.15, 0.2) is 0 Å². The molecule has 1 fully saturated rings. The van der Waals surface area contributed by atoms with Crippen LogP contribution in [0.2, 0.25) is 5.02 Å². The normalized spacial score (nSPS) is 18.9. The zero-order valence-corrected chi connectivity index (χ0v) is 12.2. The van der Waals surface area contributed by atoms with E-state index >= 15 is 0 Å². The van der Waals surface area contributed by atoms with Crippen LogP contribution in [0.15, 0.2) is 23.1 Å². The molecule has 0 spiro atoms. The summed E-state index contributed by atoms with van der Waals surface area (Å²) in [5, 5.41) is 9.58. The summed E-state index contributed by atoms with van der Waals surface area (Å²) in [6.45, 7) is 0.309. The zero-order valence-electron chi connectivity index (χ0n) is 10.6. The predicted octanol–water partition coefficient (Wildman–Crippen LogP) is 1.30. The predicted molar refractivity (Wildman–Crippen MR) is 71.6 cm³/mol. The number of hydrogen-bond donors (Lipinski definition) is 2. The van der Waals surface area contributed by atoms with Crippen molar-refractivity contribution >= 4 is 21.6 Å². The van der Waals surface area contributed by atoms with Crippen LogP contribution in [0.3, 0.4) is 0 Å². The van der Waals surface area contributed by atoms with Crippen LogP contribution in [0.25, 0.3) is 0 Å². The smallest absolute Gasteiger partial charge is 0.244 e. The van der Waals surface area contributed by atoms with E-state index in [1.807, 2.05) is 0 Å². The minimum atomic E-state index is -4.08. The lowest BCUT2D eigenvalue weighted by atomic mass is 9.93. The van der Waals surface area contributed by atoms with E-state index in [0.29, 0.717) is 26.1 Å². The third kappa shape index (κ3) is 3.29. The van der Waals surface area contributed by atoms with Crippen LogP contribution >= 0.6 is 11.6 Å². The third-order valence-corrected chi connectivity index (χ3v) is 5.13. The largest absolute Gasteiger partial charge is 0.394 e. The second-order valence-electron chi connectivity index (χ2n) is 4.73. The SMILES string of the molecule is O=S(=O)(NC1(CO)CCOCC1)c1ccc(Cl)cc1F. The van der Waals surface area contributed by atoms with E-state index in [0.717, 1.165) is 12.1 Å². The molecule has 112 valence electrons. The number of sulfonamides is 1. The van der Waals surface area contributed by atoms with Gasteiger partial charge in [0.05, 0.1) is 12.1 Å². The summed E-state index contributed by atoms with van der Waals surface area (Å²) < 4.78 is 45.8. The van der Waals surface area contributed by atoms with Gasteiger partial charge in [-0.05, 0) is 31.0 Å². The van der Waals surface area contributed by atoms with Crippen molar-refractivity contribution in [1.82, 2.24) is 4.72 Å². The second-order valence-corrected chi connectivity index (χ2v) is 6.82. The molecule has 0 saturated carbocycles. The van der Waals surface area contributed by atoms with Crippen molar-refractivity contribution in [2.24, 2.45) is 0 Å². The van der Waals surface area contributed by atoms with Gasteiger partial charge in [0.2, 0.25) is 10.0 Å². The molecular formula is C12H15ClFNO4S. The summed E-state index contributed by atoms with van der Waals surface area (Å²) in [6.07, 6.45) is 0.663. The number of hydrogen-bond acceptors (Lipinski definition) is 4. The van der Waals surface area contributed by atoms with Crippen molar-refractivity contribution in [3.63, 3.8) is 0 Å². The number of ether oxygens (including phenoxy) is 1. The Morgan fingerprint density at radius 3 is 2.60 bits per heavy atom. The summed E-state index contributed by atoms with van der Waals surface area (Å²) in [6, 6.07) is 3.34. The molecule has 8 heteroatoms. The van der Waals surface area contributed by atoms with Gasteiger partial charge >= 0.3 is 0 Å². The maximum absolute atomic E-state index is 13.7. The van der Waals surface area contributed by atoms with E-state index in [-0.39, 0.29) is 11.6 Å². The first-order valence-corrected chi connectivity index (χ1v) is 7.92. The van der Waals surface area contributed by atoms with Crippen molar-refractivity contribution in [3.8, 4) is 0 Å². The highest BCUT2D eigenvalue weighted by Crippen LogP contribution is 2.25. The number of nitrogens with one attached hydrogen (secondary N) is 1. The molecule has 0 bridgehead atoms. The highest BCUT2D eigenvalue weighted by molar-refractivity contribution is 7.89. The molecule has 1 saturated heterocycles. The third-order valence-electron chi connectivity index (χ3n) is 3.29. The number of benzene rings is 1. The van der Waals surface area contributed by atoms with Gasteiger partial charge in [-0.15, -0.1) is 0 Å². The Hall–Kier alpha value is -0.730. The van der Waals surface area contributed by atoms with Gasteiger partial charge in [-0.2, -0.15) is 0 Å². The molecule has 2 rings (SSSR count). The van der Waals surface area contributed by atoms with Crippen molar-refractivity contribution in [3.05, 3.63) is 29.0 Å². The number of rotatable bonds is 4. The van der Waals surface area contributed by atoms with Gasteiger partial charge in [0.1, 0.15) is 10.7 Å². The van der Waals surface area contributed by atoms with Gasteiger partial charge in [-0.25, -0.2) is 17.5 Å². The Morgan fingerprint density at radius 1 is 1.40 bits per heavy atom. The Kier molecular flexibility index (Phi) is 4.66. The lowest BCUT2D eigenvalue weighted by Crippen LogP contribution is -2.54. The van der Waals surface area contributed by atoms with Crippen molar-refractivity contribution in [2.45, 2.75) is 23.3 Å². The van der Waals surface area contributed by atoms with Crippen molar-refractivity contribution in [1.29, 1.82) is 0 Å². The van der Waals surface area contributed by atoms with Crippen LogP contribution in [-0.2, 0) is 14.8 Å². The maximum Gasteiger partial charge on any atom is 0.244 e. The summed E-state index contributed by atoms with van der Waals surface area (Å²) in [7, 11) is -4.08.